The highest BCUT2D eigenvalue weighted by Gasteiger charge is 2.26. The van der Waals surface area contributed by atoms with Crippen molar-refractivity contribution in [2.24, 2.45) is 0 Å². The molecule has 0 aromatic carbocycles. The zero-order valence-electron chi connectivity index (χ0n) is 10.3. The van der Waals surface area contributed by atoms with Crippen molar-refractivity contribution in [2.45, 2.75) is 13.0 Å². The molecule has 18 heavy (non-hydrogen) atoms. The van der Waals surface area contributed by atoms with E-state index in [1.165, 1.54) is 6.33 Å². The van der Waals surface area contributed by atoms with E-state index in [4.69, 9.17) is 4.74 Å². The van der Waals surface area contributed by atoms with Crippen LogP contribution in [0.15, 0.2) is 11.1 Å². The van der Waals surface area contributed by atoms with Crippen molar-refractivity contribution in [1.29, 1.82) is 0 Å². The van der Waals surface area contributed by atoms with Crippen molar-refractivity contribution >= 4 is 28.4 Å². The number of morpholine rings is 1. The Morgan fingerprint density at radius 1 is 1.72 bits per heavy atom. The second-order valence-corrected chi connectivity index (χ2v) is 5.18. The van der Waals surface area contributed by atoms with E-state index in [0.717, 1.165) is 25.5 Å². The Kier molecular flexibility index (Phi) is 4.95. The molecular weight excluding hydrogens is 347 g/mol. The number of ether oxygens (including phenoxy) is 1. The lowest BCUT2D eigenvalue weighted by Crippen LogP contribution is -2.51. The summed E-state index contributed by atoms with van der Waals surface area (Å²) in [6.45, 7) is 5.93. The maximum absolute atomic E-state index is 11.6. The Hall–Kier alpha value is -0.670. The molecule has 0 spiro atoms. The number of halogens is 1. The molecule has 1 aliphatic rings. The summed E-state index contributed by atoms with van der Waals surface area (Å²) in [5, 5.41) is 3.31. The fraction of sp³-hybridized carbons (Fsp3) is 0.636. The Morgan fingerprint density at radius 3 is 3.33 bits per heavy atom. The van der Waals surface area contributed by atoms with E-state index in [0.29, 0.717) is 16.8 Å². The molecule has 1 aliphatic heterocycles. The quantitative estimate of drug-likeness (QED) is 0.747. The van der Waals surface area contributed by atoms with E-state index >= 15 is 0 Å². The number of anilines is 1. The summed E-state index contributed by atoms with van der Waals surface area (Å²) in [4.78, 5) is 20.7. The van der Waals surface area contributed by atoms with E-state index in [1.54, 1.807) is 0 Å². The predicted octanol–water partition coefficient (Wildman–Crippen LogP) is 0.189. The van der Waals surface area contributed by atoms with Gasteiger partial charge in [-0.25, -0.2) is 4.98 Å². The lowest BCUT2D eigenvalue weighted by Gasteiger charge is -2.36. The van der Waals surface area contributed by atoms with Crippen LogP contribution in [0.5, 0.6) is 0 Å². The molecule has 1 fully saturated rings. The molecule has 1 saturated heterocycles. The minimum Gasteiger partial charge on any atom is -0.377 e. The smallest absolute Gasteiger partial charge is 0.266 e. The van der Waals surface area contributed by atoms with Crippen LogP contribution in [-0.2, 0) is 4.74 Å². The molecule has 0 radical (unpaired) electrons. The highest BCUT2D eigenvalue weighted by molar-refractivity contribution is 14.1. The van der Waals surface area contributed by atoms with Crippen molar-refractivity contribution in [1.82, 2.24) is 15.3 Å². The first-order chi connectivity index (χ1) is 8.74. The standard InChI is InChI=1S/C11H17IN4O2/c1-2-13-5-8-6-18-4-3-16(8)10-9(12)11(17)15-7-14-10/h7-8,13H,2-6H2,1H3,(H,14,15,17). The van der Waals surface area contributed by atoms with Gasteiger partial charge in [-0.3, -0.25) is 4.79 Å². The second kappa shape index (κ2) is 6.48. The number of nitrogens with one attached hydrogen (secondary N) is 2. The Morgan fingerprint density at radius 2 is 2.56 bits per heavy atom. The zero-order chi connectivity index (χ0) is 13.0. The molecule has 2 rings (SSSR count). The molecule has 0 saturated carbocycles. The van der Waals surface area contributed by atoms with E-state index in [-0.39, 0.29) is 11.6 Å². The molecule has 0 bridgehead atoms. The fourth-order valence-electron chi connectivity index (χ4n) is 1.99. The molecule has 7 heteroatoms. The van der Waals surface area contributed by atoms with Crippen molar-refractivity contribution in [3.05, 3.63) is 20.3 Å². The van der Waals surface area contributed by atoms with Crippen LogP contribution in [0.1, 0.15) is 6.92 Å². The molecular formula is C11H17IN4O2. The third kappa shape index (κ3) is 3.01. The van der Waals surface area contributed by atoms with Crippen LogP contribution < -0.4 is 15.8 Å². The number of hydrogen-bond acceptors (Lipinski definition) is 5. The summed E-state index contributed by atoms with van der Waals surface area (Å²) >= 11 is 2.05. The van der Waals surface area contributed by atoms with Crippen LogP contribution in [0.3, 0.4) is 0 Å². The molecule has 1 aromatic rings. The van der Waals surface area contributed by atoms with Gasteiger partial charge in [0, 0.05) is 13.1 Å². The van der Waals surface area contributed by atoms with Crippen LogP contribution >= 0.6 is 22.6 Å². The third-order valence-corrected chi connectivity index (χ3v) is 3.88. The molecule has 2 N–H and O–H groups in total. The number of nitrogens with zero attached hydrogens (tertiary/aromatic N) is 2. The van der Waals surface area contributed by atoms with Gasteiger partial charge < -0.3 is 19.9 Å². The van der Waals surface area contributed by atoms with Crippen molar-refractivity contribution in [3.8, 4) is 0 Å². The predicted molar refractivity (Wildman–Crippen MR) is 78.1 cm³/mol. The monoisotopic (exact) mass is 364 g/mol. The molecule has 1 aromatic heterocycles. The van der Waals surface area contributed by atoms with Gasteiger partial charge in [0.25, 0.3) is 5.56 Å². The molecule has 1 unspecified atom stereocenters. The minimum atomic E-state index is -0.0886. The SMILES string of the molecule is CCNCC1COCCN1c1nc[nH]c(=O)c1I. The van der Waals surface area contributed by atoms with E-state index in [2.05, 4.69) is 27.1 Å². The Labute approximate surface area is 119 Å². The highest BCUT2D eigenvalue weighted by atomic mass is 127. The van der Waals surface area contributed by atoms with E-state index in [9.17, 15) is 4.79 Å². The number of rotatable bonds is 4. The van der Waals surface area contributed by atoms with Crippen molar-refractivity contribution in [2.75, 3.05) is 37.7 Å². The van der Waals surface area contributed by atoms with Crippen LogP contribution in [0.4, 0.5) is 5.82 Å². The first-order valence-corrected chi connectivity index (χ1v) is 7.10. The second-order valence-electron chi connectivity index (χ2n) is 4.10. The lowest BCUT2D eigenvalue weighted by molar-refractivity contribution is 0.0934. The fourth-order valence-corrected chi connectivity index (χ4v) is 2.59. The van der Waals surface area contributed by atoms with Crippen LogP contribution in [0.2, 0.25) is 0 Å². The summed E-state index contributed by atoms with van der Waals surface area (Å²) in [5.74, 6) is 0.755. The molecule has 0 aliphatic carbocycles. The summed E-state index contributed by atoms with van der Waals surface area (Å²) in [6.07, 6.45) is 1.46. The third-order valence-electron chi connectivity index (χ3n) is 2.91. The Balaban J connectivity index is 2.22. The van der Waals surface area contributed by atoms with Crippen molar-refractivity contribution < 1.29 is 4.74 Å². The van der Waals surface area contributed by atoms with Gasteiger partial charge in [0.1, 0.15) is 9.39 Å². The Bertz CT molecular complexity index is 451. The number of aromatic nitrogens is 2. The van der Waals surface area contributed by atoms with Gasteiger partial charge in [-0.2, -0.15) is 0 Å². The van der Waals surface area contributed by atoms with Crippen molar-refractivity contribution in [3.63, 3.8) is 0 Å². The van der Waals surface area contributed by atoms with Gasteiger partial charge in [-0.15, -0.1) is 0 Å². The summed E-state index contributed by atoms with van der Waals surface area (Å²) in [5.41, 5.74) is -0.0886. The topological polar surface area (TPSA) is 70.2 Å². The van der Waals surface area contributed by atoms with Crippen LogP contribution in [0.25, 0.3) is 0 Å². The number of aromatic amines is 1. The molecule has 6 nitrogen and oxygen atoms in total. The first-order valence-electron chi connectivity index (χ1n) is 6.02. The number of hydrogen-bond donors (Lipinski definition) is 2. The van der Waals surface area contributed by atoms with Gasteiger partial charge in [-0.1, -0.05) is 6.92 Å². The van der Waals surface area contributed by atoms with Gasteiger partial charge in [-0.05, 0) is 29.1 Å². The first kappa shape index (κ1) is 13.8. The minimum absolute atomic E-state index is 0.0886. The van der Waals surface area contributed by atoms with E-state index < -0.39 is 0 Å². The number of likely N-dealkylation sites (N-methyl/N-ethyl adjacent to an activating group) is 1. The van der Waals surface area contributed by atoms with Gasteiger partial charge in [0.15, 0.2) is 0 Å². The average molecular weight is 364 g/mol. The summed E-state index contributed by atoms with van der Waals surface area (Å²) < 4.78 is 6.14. The maximum Gasteiger partial charge on any atom is 0.266 e. The van der Waals surface area contributed by atoms with Gasteiger partial charge >= 0.3 is 0 Å². The average Bonchev–Trinajstić information content (AvgIpc) is 2.40. The lowest BCUT2D eigenvalue weighted by atomic mass is 10.2. The normalized spacial score (nSPS) is 20.1. The highest BCUT2D eigenvalue weighted by Crippen LogP contribution is 2.20. The van der Waals surface area contributed by atoms with Crippen LogP contribution in [-0.4, -0.2) is 48.9 Å². The molecule has 2 heterocycles. The number of H-pyrrole nitrogens is 1. The molecule has 100 valence electrons. The molecule has 1 atom stereocenters. The van der Waals surface area contributed by atoms with E-state index in [1.807, 2.05) is 22.6 Å². The maximum atomic E-state index is 11.6. The van der Waals surface area contributed by atoms with Gasteiger partial charge in [0.2, 0.25) is 0 Å². The molecule has 0 amide bonds. The summed E-state index contributed by atoms with van der Waals surface area (Å²) in [7, 11) is 0. The van der Waals surface area contributed by atoms with Crippen LogP contribution in [0, 0.1) is 3.57 Å². The van der Waals surface area contributed by atoms with Gasteiger partial charge in [0.05, 0.1) is 25.6 Å². The zero-order valence-corrected chi connectivity index (χ0v) is 12.4. The summed E-state index contributed by atoms with van der Waals surface area (Å²) in [6, 6.07) is 0.224. The largest absolute Gasteiger partial charge is 0.377 e.